The lowest BCUT2D eigenvalue weighted by Crippen LogP contribution is -2.51. The van der Waals surface area contributed by atoms with Gasteiger partial charge in [0.05, 0.1) is 0 Å². The summed E-state index contributed by atoms with van der Waals surface area (Å²) < 4.78 is 2.00. The minimum absolute atomic E-state index is 0.0382. The highest BCUT2D eigenvalue weighted by Gasteiger charge is 2.30. The Morgan fingerprint density at radius 1 is 1.52 bits per heavy atom. The molecule has 3 rings (SSSR count). The van der Waals surface area contributed by atoms with Crippen molar-refractivity contribution in [3.63, 3.8) is 0 Å². The van der Waals surface area contributed by atoms with Gasteiger partial charge in [-0.1, -0.05) is 6.92 Å². The van der Waals surface area contributed by atoms with E-state index in [4.69, 9.17) is 0 Å². The molecule has 2 aliphatic rings. The Kier molecular flexibility index (Phi) is 3.90. The van der Waals surface area contributed by atoms with Crippen molar-refractivity contribution >= 4 is 11.8 Å². The summed E-state index contributed by atoms with van der Waals surface area (Å²) in [6.45, 7) is 3.19. The third kappa shape index (κ3) is 3.40. The molecule has 7 heteroatoms. The summed E-state index contributed by atoms with van der Waals surface area (Å²) in [4.78, 5) is 23.5. The Bertz CT molecular complexity index is 537. The first-order valence-electron chi connectivity index (χ1n) is 7.58. The third-order valence-corrected chi connectivity index (χ3v) is 4.06. The molecule has 0 radical (unpaired) electrons. The lowest BCUT2D eigenvalue weighted by atomic mass is 9.93. The van der Waals surface area contributed by atoms with E-state index in [1.165, 1.54) is 12.8 Å². The summed E-state index contributed by atoms with van der Waals surface area (Å²) in [6, 6.07) is -0.398. The molecule has 21 heavy (non-hydrogen) atoms. The maximum absolute atomic E-state index is 12.1. The van der Waals surface area contributed by atoms with Crippen molar-refractivity contribution in [3.05, 3.63) is 12.2 Å². The molecule has 114 valence electrons. The number of carbonyl (C=O) groups is 2. The van der Waals surface area contributed by atoms with Crippen molar-refractivity contribution in [1.29, 1.82) is 0 Å². The SMILES string of the molecule is C[C@@H]1CC(=O)N[C@H](C(=O)NCCn2cnnc2C2CC2)C1. The van der Waals surface area contributed by atoms with Crippen LogP contribution in [0.4, 0.5) is 0 Å². The number of hydrogen-bond donors (Lipinski definition) is 2. The van der Waals surface area contributed by atoms with Crippen LogP contribution in [0.5, 0.6) is 0 Å². The molecule has 2 atom stereocenters. The van der Waals surface area contributed by atoms with E-state index in [0.717, 1.165) is 5.82 Å². The van der Waals surface area contributed by atoms with Crippen LogP contribution in [0.3, 0.4) is 0 Å². The average Bonchev–Trinajstić information content (AvgIpc) is 3.17. The minimum atomic E-state index is -0.398. The van der Waals surface area contributed by atoms with Gasteiger partial charge in [-0.15, -0.1) is 10.2 Å². The van der Waals surface area contributed by atoms with E-state index in [1.54, 1.807) is 6.33 Å². The average molecular weight is 291 g/mol. The fraction of sp³-hybridized carbons (Fsp3) is 0.714. The van der Waals surface area contributed by atoms with E-state index in [-0.39, 0.29) is 17.7 Å². The third-order valence-electron chi connectivity index (χ3n) is 4.06. The summed E-state index contributed by atoms with van der Waals surface area (Å²) in [5, 5.41) is 13.7. The monoisotopic (exact) mass is 291 g/mol. The molecule has 0 unspecified atom stereocenters. The molecule has 7 nitrogen and oxygen atoms in total. The van der Waals surface area contributed by atoms with Crippen LogP contribution in [0.15, 0.2) is 6.33 Å². The zero-order valence-corrected chi connectivity index (χ0v) is 12.2. The molecular formula is C14H21N5O2. The molecule has 1 aromatic heterocycles. The molecule has 1 aliphatic carbocycles. The second-order valence-corrected chi connectivity index (χ2v) is 6.11. The quantitative estimate of drug-likeness (QED) is 0.810. The number of hydrogen-bond acceptors (Lipinski definition) is 4. The van der Waals surface area contributed by atoms with Crippen LogP contribution in [0, 0.1) is 5.92 Å². The Balaban J connectivity index is 1.47. The first-order valence-corrected chi connectivity index (χ1v) is 7.58. The standard InChI is InChI=1S/C14H21N5O2/c1-9-6-11(17-12(20)7-9)14(21)15-4-5-19-8-16-18-13(19)10-2-3-10/h8-11H,2-7H2,1H3,(H,15,21)(H,17,20)/t9-,11-/m0/s1. The van der Waals surface area contributed by atoms with E-state index in [1.807, 2.05) is 11.5 Å². The van der Waals surface area contributed by atoms with Gasteiger partial charge >= 0.3 is 0 Å². The van der Waals surface area contributed by atoms with Crippen LogP contribution in [0.2, 0.25) is 0 Å². The Hall–Kier alpha value is -1.92. The van der Waals surface area contributed by atoms with E-state index < -0.39 is 6.04 Å². The second kappa shape index (κ2) is 5.83. The van der Waals surface area contributed by atoms with E-state index in [0.29, 0.717) is 31.8 Å². The second-order valence-electron chi connectivity index (χ2n) is 6.11. The highest BCUT2D eigenvalue weighted by Crippen LogP contribution is 2.38. The lowest BCUT2D eigenvalue weighted by molar-refractivity contribution is -0.132. The van der Waals surface area contributed by atoms with Gasteiger partial charge in [0.25, 0.3) is 0 Å². The molecule has 1 aromatic rings. The molecule has 2 heterocycles. The van der Waals surface area contributed by atoms with Gasteiger partial charge in [0.1, 0.15) is 18.2 Å². The Labute approximate surface area is 123 Å². The molecule has 1 saturated heterocycles. The zero-order chi connectivity index (χ0) is 14.8. The fourth-order valence-electron chi connectivity index (χ4n) is 2.80. The van der Waals surface area contributed by atoms with Crippen molar-refractivity contribution in [2.75, 3.05) is 6.54 Å². The summed E-state index contributed by atoms with van der Waals surface area (Å²) in [6.07, 6.45) is 5.28. The topological polar surface area (TPSA) is 88.9 Å². The summed E-state index contributed by atoms with van der Waals surface area (Å²) in [5.41, 5.74) is 0. The summed E-state index contributed by atoms with van der Waals surface area (Å²) in [7, 11) is 0. The van der Waals surface area contributed by atoms with Gasteiger partial charge in [-0.25, -0.2) is 0 Å². The predicted molar refractivity (Wildman–Crippen MR) is 75.3 cm³/mol. The van der Waals surface area contributed by atoms with Crippen molar-refractivity contribution in [2.45, 2.75) is 51.1 Å². The van der Waals surface area contributed by atoms with Gasteiger partial charge < -0.3 is 15.2 Å². The highest BCUT2D eigenvalue weighted by atomic mass is 16.2. The fourth-order valence-corrected chi connectivity index (χ4v) is 2.80. The molecule has 1 saturated carbocycles. The summed E-state index contributed by atoms with van der Waals surface area (Å²) >= 11 is 0. The van der Waals surface area contributed by atoms with Crippen molar-refractivity contribution < 1.29 is 9.59 Å². The first-order chi connectivity index (χ1) is 10.1. The van der Waals surface area contributed by atoms with E-state index >= 15 is 0 Å². The molecular weight excluding hydrogens is 270 g/mol. The van der Waals surface area contributed by atoms with Gasteiger partial charge in [0, 0.05) is 25.4 Å². The lowest BCUT2D eigenvalue weighted by Gasteiger charge is -2.26. The minimum Gasteiger partial charge on any atom is -0.353 e. The smallest absolute Gasteiger partial charge is 0.242 e. The van der Waals surface area contributed by atoms with Crippen LogP contribution >= 0.6 is 0 Å². The predicted octanol–water partition coefficient (Wildman–Crippen LogP) is 0.186. The van der Waals surface area contributed by atoms with Gasteiger partial charge in [-0.2, -0.15) is 0 Å². The van der Waals surface area contributed by atoms with Gasteiger partial charge in [-0.3, -0.25) is 9.59 Å². The molecule has 2 amide bonds. The number of carbonyl (C=O) groups excluding carboxylic acids is 2. The van der Waals surface area contributed by atoms with Crippen LogP contribution in [0.1, 0.15) is 44.3 Å². The number of rotatable bonds is 5. The molecule has 0 bridgehead atoms. The van der Waals surface area contributed by atoms with Crippen LogP contribution in [-0.2, 0) is 16.1 Å². The Morgan fingerprint density at radius 2 is 2.33 bits per heavy atom. The summed E-state index contributed by atoms with van der Waals surface area (Å²) in [5.74, 6) is 1.68. The van der Waals surface area contributed by atoms with Crippen molar-refractivity contribution in [1.82, 2.24) is 25.4 Å². The molecule has 2 N–H and O–H groups in total. The maximum atomic E-state index is 12.1. The Morgan fingerprint density at radius 3 is 3.05 bits per heavy atom. The van der Waals surface area contributed by atoms with Gasteiger partial charge in [-0.05, 0) is 25.2 Å². The van der Waals surface area contributed by atoms with Gasteiger partial charge in [0.2, 0.25) is 11.8 Å². The van der Waals surface area contributed by atoms with Crippen molar-refractivity contribution in [3.8, 4) is 0 Å². The van der Waals surface area contributed by atoms with E-state index in [2.05, 4.69) is 20.8 Å². The normalized spacial score (nSPS) is 25.5. The maximum Gasteiger partial charge on any atom is 0.242 e. The van der Waals surface area contributed by atoms with E-state index in [9.17, 15) is 9.59 Å². The van der Waals surface area contributed by atoms with Crippen LogP contribution in [0.25, 0.3) is 0 Å². The molecule has 0 spiro atoms. The van der Waals surface area contributed by atoms with Gasteiger partial charge in [0.15, 0.2) is 0 Å². The van der Waals surface area contributed by atoms with Crippen LogP contribution < -0.4 is 10.6 Å². The number of nitrogens with zero attached hydrogens (tertiary/aromatic N) is 3. The first kappa shape index (κ1) is 14.0. The number of aromatic nitrogens is 3. The highest BCUT2D eigenvalue weighted by molar-refractivity contribution is 5.88. The van der Waals surface area contributed by atoms with Crippen LogP contribution in [-0.4, -0.2) is 39.2 Å². The molecule has 2 fully saturated rings. The molecule has 0 aromatic carbocycles. The number of amides is 2. The molecule has 1 aliphatic heterocycles. The number of nitrogens with one attached hydrogen (secondary N) is 2. The zero-order valence-electron chi connectivity index (χ0n) is 12.2. The number of piperidine rings is 1. The van der Waals surface area contributed by atoms with Crippen molar-refractivity contribution in [2.24, 2.45) is 5.92 Å². The largest absolute Gasteiger partial charge is 0.353 e.